The molecule has 25 heavy (non-hydrogen) atoms. The molecule has 0 radical (unpaired) electrons. The summed E-state index contributed by atoms with van der Waals surface area (Å²) in [7, 11) is 0. The van der Waals surface area contributed by atoms with Crippen LogP contribution in [0, 0.1) is 18.6 Å². The van der Waals surface area contributed by atoms with Crippen LogP contribution in [-0.2, 0) is 6.61 Å². The van der Waals surface area contributed by atoms with Crippen molar-refractivity contribution < 1.29 is 13.5 Å². The molecule has 0 bridgehead atoms. The molecule has 0 aliphatic heterocycles. The van der Waals surface area contributed by atoms with E-state index in [1.165, 1.54) is 22.9 Å². The summed E-state index contributed by atoms with van der Waals surface area (Å²) < 4.78 is 34.0. The summed E-state index contributed by atoms with van der Waals surface area (Å²) in [5.74, 6) is -0.452. The number of anilines is 1. The van der Waals surface area contributed by atoms with Crippen molar-refractivity contribution in [3.8, 4) is 5.75 Å². The number of imidazole rings is 1. The van der Waals surface area contributed by atoms with Crippen LogP contribution < -0.4 is 10.5 Å². The number of hydrogen-bond donors (Lipinski definition) is 1. The average Bonchev–Trinajstić information content (AvgIpc) is 2.91. The molecule has 0 spiro atoms. The number of aryl methyl sites for hydroxylation is 1. The van der Waals surface area contributed by atoms with Crippen LogP contribution in [0.25, 0.3) is 0 Å². The molecule has 1 aromatic heterocycles. The fourth-order valence-corrected chi connectivity index (χ4v) is 2.20. The van der Waals surface area contributed by atoms with Gasteiger partial charge in [0.2, 0.25) is 5.95 Å². The Morgan fingerprint density at radius 1 is 1.16 bits per heavy atom. The highest BCUT2D eigenvalue weighted by molar-refractivity contribution is 5.79. The van der Waals surface area contributed by atoms with Crippen LogP contribution in [0.2, 0.25) is 0 Å². The lowest BCUT2D eigenvalue weighted by Crippen LogP contribution is -2.01. The summed E-state index contributed by atoms with van der Waals surface area (Å²) in [5.41, 5.74) is 7.20. The molecule has 0 fully saturated rings. The zero-order chi connectivity index (χ0) is 17.8. The van der Waals surface area contributed by atoms with Gasteiger partial charge in [-0.1, -0.05) is 6.07 Å². The fraction of sp³-hybridized carbons (Fsp3) is 0.111. The van der Waals surface area contributed by atoms with Gasteiger partial charge in [0.25, 0.3) is 0 Å². The summed E-state index contributed by atoms with van der Waals surface area (Å²) >= 11 is 0. The third-order valence-electron chi connectivity index (χ3n) is 3.49. The highest BCUT2D eigenvalue weighted by atomic mass is 19.1. The van der Waals surface area contributed by atoms with Crippen LogP contribution in [0.5, 0.6) is 5.75 Å². The Labute approximate surface area is 143 Å². The number of halogens is 2. The maximum absolute atomic E-state index is 13.6. The molecule has 0 saturated heterocycles. The van der Waals surface area contributed by atoms with E-state index in [1.54, 1.807) is 36.7 Å². The first kappa shape index (κ1) is 16.6. The molecule has 2 aromatic carbocycles. The number of ether oxygens (including phenoxy) is 1. The first-order chi connectivity index (χ1) is 12.0. The maximum Gasteiger partial charge on any atom is 0.221 e. The SMILES string of the molecule is Cc1cn(N=Cc2ccc(OCc3c(F)cccc3F)cc2)c(N)n1. The van der Waals surface area contributed by atoms with Gasteiger partial charge in [-0.2, -0.15) is 5.10 Å². The Morgan fingerprint density at radius 3 is 2.44 bits per heavy atom. The minimum atomic E-state index is -0.628. The van der Waals surface area contributed by atoms with Crippen molar-refractivity contribution in [1.29, 1.82) is 0 Å². The molecule has 0 aliphatic rings. The zero-order valence-corrected chi connectivity index (χ0v) is 13.5. The summed E-state index contributed by atoms with van der Waals surface area (Å²) in [6, 6.07) is 10.7. The van der Waals surface area contributed by atoms with Crippen molar-refractivity contribution in [2.45, 2.75) is 13.5 Å². The van der Waals surface area contributed by atoms with E-state index in [0.29, 0.717) is 11.7 Å². The average molecular weight is 342 g/mol. The van der Waals surface area contributed by atoms with Gasteiger partial charge in [-0.25, -0.2) is 18.4 Å². The quantitative estimate of drug-likeness (QED) is 0.722. The second-order valence-electron chi connectivity index (χ2n) is 5.39. The lowest BCUT2D eigenvalue weighted by molar-refractivity contribution is 0.292. The second kappa shape index (κ2) is 7.12. The van der Waals surface area contributed by atoms with E-state index >= 15 is 0 Å². The number of rotatable bonds is 5. The van der Waals surface area contributed by atoms with Gasteiger partial charge in [0.15, 0.2) is 0 Å². The van der Waals surface area contributed by atoms with Gasteiger partial charge >= 0.3 is 0 Å². The Balaban J connectivity index is 1.65. The first-order valence-corrected chi connectivity index (χ1v) is 7.54. The van der Waals surface area contributed by atoms with E-state index in [2.05, 4.69) is 10.1 Å². The van der Waals surface area contributed by atoms with Gasteiger partial charge in [-0.15, -0.1) is 0 Å². The Hall–Kier alpha value is -3.22. The molecule has 128 valence electrons. The van der Waals surface area contributed by atoms with Crippen molar-refractivity contribution >= 4 is 12.2 Å². The van der Waals surface area contributed by atoms with Crippen LogP contribution in [0.4, 0.5) is 14.7 Å². The molecular formula is C18H16F2N4O. The maximum atomic E-state index is 13.6. The molecule has 0 unspecified atom stereocenters. The molecule has 0 amide bonds. The highest BCUT2D eigenvalue weighted by Crippen LogP contribution is 2.17. The van der Waals surface area contributed by atoms with Gasteiger partial charge < -0.3 is 10.5 Å². The summed E-state index contributed by atoms with van der Waals surface area (Å²) in [6.45, 7) is 1.64. The normalized spacial score (nSPS) is 11.2. The molecule has 3 rings (SSSR count). The van der Waals surface area contributed by atoms with E-state index < -0.39 is 11.6 Å². The van der Waals surface area contributed by atoms with Crippen LogP contribution in [0.1, 0.15) is 16.8 Å². The van der Waals surface area contributed by atoms with Crippen molar-refractivity contribution in [2.75, 3.05) is 5.73 Å². The minimum absolute atomic E-state index is 0.0981. The molecule has 0 saturated carbocycles. The molecule has 1 heterocycles. The predicted octanol–water partition coefficient (Wildman–Crippen LogP) is 3.51. The molecular weight excluding hydrogens is 326 g/mol. The summed E-state index contributed by atoms with van der Waals surface area (Å²) in [6.07, 6.45) is 3.34. The topological polar surface area (TPSA) is 65.4 Å². The first-order valence-electron chi connectivity index (χ1n) is 7.54. The largest absolute Gasteiger partial charge is 0.489 e. The Kier molecular flexibility index (Phi) is 4.74. The van der Waals surface area contributed by atoms with Crippen LogP contribution in [0.3, 0.4) is 0 Å². The van der Waals surface area contributed by atoms with E-state index in [-0.39, 0.29) is 12.2 Å². The predicted molar refractivity (Wildman–Crippen MR) is 91.5 cm³/mol. The molecule has 7 heteroatoms. The molecule has 3 aromatic rings. The van der Waals surface area contributed by atoms with E-state index in [9.17, 15) is 8.78 Å². The van der Waals surface area contributed by atoms with Gasteiger partial charge in [-0.05, 0) is 48.9 Å². The van der Waals surface area contributed by atoms with Gasteiger partial charge in [0, 0.05) is 0 Å². The van der Waals surface area contributed by atoms with Gasteiger partial charge in [0.1, 0.15) is 24.0 Å². The standard InChI is InChI=1S/C18H16F2N4O/c1-12-10-24(18(21)23-12)22-9-13-5-7-14(8-6-13)25-11-15-16(19)3-2-4-17(15)20/h2-10H,11H2,1H3,(H2,21,23). The van der Waals surface area contributed by atoms with E-state index in [1.807, 2.05) is 6.92 Å². The summed E-state index contributed by atoms with van der Waals surface area (Å²) in [5, 5.41) is 4.21. The number of hydrogen-bond acceptors (Lipinski definition) is 4. The molecule has 2 N–H and O–H groups in total. The summed E-state index contributed by atoms with van der Waals surface area (Å²) in [4.78, 5) is 4.05. The minimum Gasteiger partial charge on any atom is -0.489 e. The number of aromatic nitrogens is 2. The van der Waals surface area contributed by atoms with Gasteiger partial charge in [0.05, 0.1) is 23.7 Å². The lowest BCUT2D eigenvalue weighted by atomic mass is 10.2. The van der Waals surface area contributed by atoms with Crippen LogP contribution >= 0.6 is 0 Å². The number of benzene rings is 2. The Morgan fingerprint density at radius 2 is 1.84 bits per heavy atom. The van der Waals surface area contributed by atoms with Crippen molar-refractivity contribution in [3.05, 3.63) is 77.1 Å². The van der Waals surface area contributed by atoms with Crippen molar-refractivity contribution in [1.82, 2.24) is 9.66 Å². The van der Waals surface area contributed by atoms with Crippen LogP contribution in [0.15, 0.2) is 53.8 Å². The van der Waals surface area contributed by atoms with Crippen molar-refractivity contribution in [2.24, 2.45) is 5.10 Å². The Bertz CT molecular complexity index is 884. The smallest absolute Gasteiger partial charge is 0.221 e. The lowest BCUT2D eigenvalue weighted by Gasteiger charge is -2.08. The number of nitrogen functional groups attached to an aromatic ring is 1. The van der Waals surface area contributed by atoms with Gasteiger partial charge in [-0.3, -0.25) is 0 Å². The van der Waals surface area contributed by atoms with Crippen LogP contribution in [-0.4, -0.2) is 15.9 Å². The molecule has 0 atom stereocenters. The fourth-order valence-electron chi connectivity index (χ4n) is 2.20. The zero-order valence-electron chi connectivity index (χ0n) is 13.5. The third-order valence-corrected chi connectivity index (χ3v) is 3.49. The third kappa shape index (κ3) is 4.00. The van der Waals surface area contributed by atoms with Crippen molar-refractivity contribution in [3.63, 3.8) is 0 Å². The number of nitrogens with zero attached hydrogens (tertiary/aromatic N) is 3. The number of nitrogens with two attached hydrogens (primary N) is 1. The monoisotopic (exact) mass is 342 g/mol. The molecule has 0 aliphatic carbocycles. The van der Waals surface area contributed by atoms with E-state index in [0.717, 1.165) is 11.3 Å². The highest BCUT2D eigenvalue weighted by Gasteiger charge is 2.08. The molecule has 5 nitrogen and oxygen atoms in total. The van der Waals surface area contributed by atoms with E-state index in [4.69, 9.17) is 10.5 Å². The second-order valence-corrected chi connectivity index (χ2v) is 5.39.